The van der Waals surface area contributed by atoms with Crippen molar-refractivity contribution in [3.05, 3.63) is 139 Å². The molecule has 346 valence electrons. The number of benzene rings is 5. The smallest absolute Gasteiger partial charge is 0.425 e. The van der Waals surface area contributed by atoms with Crippen molar-refractivity contribution in [2.45, 2.75) is 88.2 Å². The molecule has 0 radical (unpaired) electrons. The minimum absolute atomic E-state index is 0.167. The third-order valence-corrected chi connectivity index (χ3v) is 13.8. The zero-order valence-corrected chi connectivity index (χ0v) is 39.6. The topological polar surface area (TPSA) is 127 Å². The normalized spacial score (nSPS) is 14.8. The average Bonchev–Trinajstić information content (AvgIpc) is 3.83. The van der Waals surface area contributed by atoms with Crippen LogP contribution in [0.15, 0.2) is 101 Å². The Bertz CT molecular complexity index is 2890. The van der Waals surface area contributed by atoms with Crippen molar-refractivity contribution in [3.63, 3.8) is 0 Å². The summed E-state index contributed by atoms with van der Waals surface area (Å²) in [7, 11) is -7.37. The van der Waals surface area contributed by atoms with Gasteiger partial charge in [0.25, 0.3) is 11.8 Å². The van der Waals surface area contributed by atoms with Crippen LogP contribution in [-0.4, -0.2) is 75.5 Å². The van der Waals surface area contributed by atoms with Crippen molar-refractivity contribution in [2.24, 2.45) is 0 Å². The van der Waals surface area contributed by atoms with Crippen molar-refractivity contribution < 1.29 is 62.2 Å². The second-order valence-electron chi connectivity index (χ2n) is 15.9. The predicted octanol–water partition coefficient (Wildman–Crippen LogP) is 10.0. The Morgan fingerprint density at radius 1 is 0.585 bits per heavy atom. The molecule has 0 fully saturated rings. The summed E-state index contributed by atoms with van der Waals surface area (Å²) in [5, 5.41) is 0. The van der Waals surface area contributed by atoms with Crippen LogP contribution >= 0.6 is 22.6 Å². The maximum atomic E-state index is 13.5. The zero-order valence-electron chi connectivity index (χ0n) is 35.8. The van der Waals surface area contributed by atoms with Crippen LogP contribution in [0.1, 0.15) is 67.9 Å². The minimum Gasteiger partial charge on any atom is -0.480 e. The lowest BCUT2D eigenvalue weighted by molar-refractivity contribution is -0.189. The molecular weight excluding hydrogens is 1010 g/mol. The maximum Gasteiger partial charge on any atom is 0.425 e. The van der Waals surface area contributed by atoms with E-state index < -0.39 is 56.0 Å². The molecule has 2 amide bonds. The summed E-state index contributed by atoms with van der Waals surface area (Å²) in [6, 6.07) is 24.4. The van der Waals surface area contributed by atoms with Gasteiger partial charge >= 0.3 is 12.4 Å². The van der Waals surface area contributed by atoms with Crippen molar-refractivity contribution in [2.75, 3.05) is 12.5 Å². The molecule has 1 unspecified atom stereocenters. The van der Waals surface area contributed by atoms with Crippen molar-refractivity contribution in [1.82, 2.24) is 9.80 Å². The molecule has 7 rings (SSSR count). The number of carbonyl (C=O) groups excluding carboxylic acids is 2. The van der Waals surface area contributed by atoms with Crippen LogP contribution in [0.25, 0.3) is 11.1 Å². The van der Waals surface area contributed by atoms with Crippen molar-refractivity contribution >= 4 is 54.1 Å². The monoisotopic (exact) mass is 1060 g/mol. The highest BCUT2D eigenvalue weighted by molar-refractivity contribution is 14.1. The Kier molecular flexibility index (Phi) is 14.1. The van der Waals surface area contributed by atoms with E-state index in [1.165, 1.54) is 9.80 Å². The summed E-state index contributed by atoms with van der Waals surface area (Å²) >= 11 is 2.15. The number of nitrogens with zero attached hydrogens (tertiary/aromatic N) is 2. The number of sulfone groups is 2. The Balaban J connectivity index is 0.000000221. The van der Waals surface area contributed by atoms with Crippen molar-refractivity contribution in [1.29, 1.82) is 0 Å². The molecule has 19 heteroatoms. The molecule has 0 spiro atoms. The van der Waals surface area contributed by atoms with E-state index in [4.69, 9.17) is 9.47 Å². The second-order valence-corrected chi connectivity index (χ2v) is 21.2. The first-order valence-electron chi connectivity index (χ1n) is 19.8. The number of fused-ring (bicyclic) bond motifs is 2. The quantitative estimate of drug-likeness (QED) is 0.106. The molecule has 0 N–H and O–H groups in total. The van der Waals surface area contributed by atoms with Crippen LogP contribution in [0.4, 0.5) is 26.3 Å². The Labute approximate surface area is 386 Å². The molecule has 0 bridgehead atoms. The average molecular weight is 1060 g/mol. The zero-order chi connectivity index (χ0) is 48.0. The van der Waals surface area contributed by atoms with E-state index in [1.807, 2.05) is 68.4 Å². The molecule has 0 saturated carbocycles. The fraction of sp³-hybridized carbons (Fsp3) is 0.304. The van der Waals surface area contributed by atoms with Crippen molar-refractivity contribution in [3.8, 4) is 22.6 Å². The summed E-state index contributed by atoms with van der Waals surface area (Å²) in [4.78, 5) is 29.2. The van der Waals surface area contributed by atoms with E-state index in [1.54, 1.807) is 0 Å². The number of amides is 2. The third-order valence-electron chi connectivity index (χ3n) is 10.9. The van der Waals surface area contributed by atoms with E-state index in [0.717, 1.165) is 111 Å². The molecule has 2 heterocycles. The number of carbonyl (C=O) groups is 2. The number of aryl methyl sites for hydroxylation is 2. The predicted molar refractivity (Wildman–Crippen MR) is 239 cm³/mol. The highest BCUT2D eigenvalue weighted by Crippen LogP contribution is 2.36. The molecule has 10 nitrogen and oxygen atoms in total. The van der Waals surface area contributed by atoms with Gasteiger partial charge in [0.15, 0.2) is 31.9 Å². The van der Waals surface area contributed by atoms with Gasteiger partial charge in [-0.3, -0.25) is 9.59 Å². The lowest BCUT2D eigenvalue weighted by Gasteiger charge is -2.22. The van der Waals surface area contributed by atoms with Gasteiger partial charge in [0.1, 0.15) is 11.5 Å². The molecule has 2 aliphatic rings. The summed E-state index contributed by atoms with van der Waals surface area (Å²) in [6.07, 6.45) is -11.7. The standard InChI is InChI=1S/C27H26F3NO4S.C19H17F3INO4S/c1-16-6-5-7-17(2)25(16)19-8-9-20-14-31(15-21(20)12-19)26(32)23-13-22(36(4,33)34)10-11-24(23)35-18(3)27(28,29)30;1-11(19(20,21)22)28-17-6-5-15(29(2,26)27)8-16(17)18(25)24-9-12-3-4-14(23)7-13(12)10-24/h5-13,18H,14-15H2,1-4H3;3-8,11H,9-10H2,1-2H3/t;11-/m.0/s1. The molecule has 65 heavy (non-hydrogen) atoms. The van der Waals surface area contributed by atoms with Crippen LogP contribution in [0, 0.1) is 17.4 Å². The Hall–Kier alpha value is -5.15. The van der Waals surface area contributed by atoms with Gasteiger partial charge in [0.2, 0.25) is 0 Å². The van der Waals surface area contributed by atoms with E-state index in [0.29, 0.717) is 0 Å². The first-order valence-corrected chi connectivity index (χ1v) is 24.7. The van der Waals surface area contributed by atoms with Gasteiger partial charge in [-0.25, -0.2) is 16.8 Å². The number of rotatable bonds is 9. The van der Waals surface area contributed by atoms with Gasteiger partial charge in [-0.1, -0.05) is 36.4 Å². The van der Waals surface area contributed by atoms with Crippen LogP contribution < -0.4 is 9.47 Å². The van der Waals surface area contributed by atoms with Crippen LogP contribution in [0.5, 0.6) is 11.5 Å². The van der Waals surface area contributed by atoms with E-state index >= 15 is 0 Å². The molecule has 0 aliphatic carbocycles. The second kappa shape index (κ2) is 18.6. The molecular formula is C46H43F6IN2O8S2. The number of alkyl halides is 6. The summed E-state index contributed by atoms with van der Waals surface area (Å²) in [5.41, 5.74) is 7.65. The fourth-order valence-corrected chi connectivity index (χ4v) is 9.19. The summed E-state index contributed by atoms with van der Waals surface area (Å²) < 4.78 is 137. The van der Waals surface area contributed by atoms with E-state index in [-0.39, 0.29) is 58.6 Å². The highest BCUT2D eigenvalue weighted by Gasteiger charge is 2.40. The molecule has 0 saturated heterocycles. The first kappa shape index (κ1) is 49.3. The SMILES string of the molecule is C[C@H](Oc1ccc(S(C)(=O)=O)cc1C(=O)N1Cc2ccc(I)cc2C1)C(F)(F)F.Cc1cccc(C)c1-c1ccc2c(c1)CN(C(=O)c1cc(S(C)(=O)=O)ccc1OC(C)C(F)(F)F)C2. The summed E-state index contributed by atoms with van der Waals surface area (Å²) in [6.45, 7) is 6.77. The largest absolute Gasteiger partial charge is 0.480 e. The van der Waals surface area contributed by atoms with E-state index in [9.17, 15) is 52.8 Å². The fourth-order valence-electron chi connectivity index (χ4n) is 7.34. The number of ether oxygens (including phenoxy) is 2. The Morgan fingerprint density at radius 3 is 1.40 bits per heavy atom. The van der Waals surface area contributed by atoms with E-state index in [2.05, 4.69) is 22.6 Å². The van der Waals surface area contributed by atoms with Crippen LogP contribution in [-0.2, 0) is 45.9 Å². The minimum atomic E-state index is -4.65. The highest BCUT2D eigenvalue weighted by atomic mass is 127. The van der Waals surface area contributed by atoms with Gasteiger partial charge < -0.3 is 19.3 Å². The van der Waals surface area contributed by atoms with Crippen LogP contribution in [0.2, 0.25) is 0 Å². The molecule has 2 aliphatic heterocycles. The van der Waals surface area contributed by atoms with Gasteiger partial charge in [-0.15, -0.1) is 0 Å². The lowest BCUT2D eigenvalue weighted by Crippen LogP contribution is -2.32. The molecule has 0 aromatic heterocycles. The summed E-state index contributed by atoms with van der Waals surface area (Å²) in [5.74, 6) is -1.82. The van der Waals surface area contributed by atoms with Gasteiger partial charge in [0, 0.05) is 42.3 Å². The first-order chi connectivity index (χ1) is 30.1. The third kappa shape index (κ3) is 11.5. The maximum absolute atomic E-state index is 13.5. The van der Waals surface area contributed by atoms with Gasteiger partial charge in [-0.05, 0) is 149 Å². The van der Waals surface area contributed by atoms with Gasteiger partial charge in [0.05, 0.1) is 20.9 Å². The van der Waals surface area contributed by atoms with Gasteiger partial charge in [-0.2, -0.15) is 26.3 Å². The molecule has 2 atom stereocenters. The Morgan fingerprint density at radius 2 is 0.985 bits per heavy atom. The molecule has 5 aromatic rings. The number of hydrogen-bond acceptors (Lipinski definition) is 8. The number of halogens is 7. The number of hydrogen-bond donors (Lipinski definition) is 0. The lowest BCUT2D eigenvalue weighted by atomic mass is 9.94. The van der Waals surface area contributed by atoms with Crippen LogP contribution in [0.3, 0.4) is 0 Å². The molecule has 5 aromatic carbocycles.